The maximum atomic E-state index is 14.3. The first-order valence-electron chi connectivity index (χ1n) is 14.5. The molecule has 0 saturated heterocycles. The third-order valence-electron chi connectivity index (χ3n) is 7.41. The molecular formula is C33H43N3O6S. The summed E-state index contributed by atoms with van der Waals surface area (Å²) in [6.07, 6.45) is 1.58. The van der Waals surface area contributed by atoms with Crippen LogP contribution in [0.25, 0.3) is 0 Å². The standard InChI is InChI=1S/C33H43N3O6S/c1-7-25(4)34-33(38)29(8-2)35(21-20-26-12-10-9-11-13-26)32(37)23-36(30-22-27(41-5)16-19-31(30)42-6)43(39,40)28-17-14-24(3)15-18-28/h9-19,22,25,29H,7-8,20-21,23H2,1-6H3,(H,34,38)/t25-,29+/m1/s1. The van der Waals surface area contributed by atoms with Crippen LogP contribution in [0.1, 0.15) is 44.7 Å². The van der Waals surface area contributed by atoms with Gasteiger partial charge in [-0.2, -0.15) is 0 Å². The number of nitrogens with zero attached hydrogens (tertiary/aromatic N) is 2. The van der Waals surface area contributed by atoms with Crippen molar-refractivity contribution in [2.45, 2.75) is 63.9 Å². The molecule has 2 atom stereocenters. The molecule has 0 heterocycles. The van der Waals surface area contributed by atoms with Crippen LogP contribution in [0.5, 0.6) is 11.5 Å². The van der Waals surface area contributed by atoms with Gasteiger partial charge in [-0.3, -0.25) is 13.9 Å². The molecule has 3 aromatic carbocycles. The van der Waals surface area contributed by atoms with Gasteiger partial charge >= 0.3 is 0 Å². The Labute approximate surface area is 255 Å². The van der Waals surface area contributed by atoms with Gasteiger partial charge in [-0.15, -0.1) is 0 Å². The van der Waals surface area contributed by atoms with Gasteiger partial charge in [-0.25, -0.2) is 8.42 Å². The smallest absolute Gasteiger partial charge is 0.264 e. The van der Waals surface area contributed by atoms with E-state index in [1.165, 1.54) is 37.3 Å². The van der Waals surface area contributed by atoms with E-state index in [9.17, 15) is 18.0 Å². The van der Waals surface area contributed by atoms with Gasteiger partial charge in [0.2, 0.25) is 11.8 Å². The Balaban J connectivity index is 2.10. The number of rotatable bonds is 15. The number of ether oxygens (including phenoxy) is 2. The van der Waals surface area contributed by atoms with Crippen LogP contribution >= 0.6 is 0 Å². The van der Waals surface area contributed by atoms with Gasteiger partial charge in [0.15, 0.2) is 0 Å². The number of amides is 2. The van der Waals surface area contributed by atoms with E-state index in [-0.39, 0.29) is 34.8 Å². The number of benzene rings is 3. The summed E-state index contributed by atoms with van der Waals surface area (Å²) in [6.45, 7) is 7.26. The summed E-state index contributed by atoms with van der Waals surface area (Å²) in [5, 5.41) is 2.99. The zero-order valence-electron chi connectivity index (χ0n) is 25.9. The number of anilines is 1. The predicted octanol–water partition coefficient (Wildman–Crippen LogP) is 4.97. The van der Waals surface area contributed by atoms with Crippen molar-refractivity contribution in [1.82, 2.24) is 10.2 Å². The van der Waals surface area contributed by atoms with Gasteiger partial charge in [-0.05, 0) is 62.9 Å². The average Bonchev–Trinajstić information content (AvgIpc) is 3.01. The number of nitrogens with one attached hydrogen (secondary N) is 1. The highest BCUT2D eigenvalue weighted by atomic mass is 32.2. The monoisotopic (exact) mass is 609 g/mol. The minimum atomic E-state index is -4.25. The van der Waals surface area contributed by atoms with Crippen LogP contribution < -0.4 is 19.1 Å². The Kier molecular flexibility index (Phi) is 12.0. The highest BCUT2D eigenvalue weighted by Gasteiger charge is 2.35. The van der Waals surface area contributed by atoms with E-state index in [4.69, 9.17) is 9.47 Å². The zero-order chi connectivity index (χ0) is 31.6. The quantitative estimate of drug-likeness (QED) is 0.261. The fourth-order valence-electron chi connectivity index (χ4n) is 4.68. The van der Waals surface area contributed by atoms with Gasteiger partial charge < -0.3 is 19.7 Å². The van der Waals surface area contributed by atoms with E-state index >= 15 is 0 Å². The second kappa shape index (κ2) is 15.4. The number of sulfonamides is 1. The molecule has 9 nitrogen and oxygen atoms in total. The van der Waals surface area contributed by atoms with Crippen LogP contribution in [0.15, 0.2) is 77.7 Å². The Morgan fingerprint density at radius 3 is 2.16 bits per heavy atom. The van der Waals surface area contributed by atoms with Crippen LogP contribution in [-0.4, -0.2) is 64.5 Å². The lowest BCUT2D eigenvalue weighted by molar-refractivity contribution is -0.139. The molecule has 1 N–H and O–H groups in total. The molecule has 0 bridgehead atoms. The lowest BCUT2D eigenvalue weighted by Gasteiger charge is -2.34. The van der Waals surface area contributed by atoms with E-state index < -0.39 is 28.5 Å². The lowest BCUT2D eigenvalue weighted by atomic mass is 10.1. The average molecular weight is 610 g/mol. The SMILES string of the molecule is CC[C@@H](C)NC(=O)[C@H](CC)N(CCc1ccccc1)C(=O)CN(c1cc(OC)ccc1OC)S(=O)(=O)c1ccc(C)cc1. The Morgan fingerprint density at radius 2 is 1.58 bits per heavy atom. The minimum absolute atomic E-state index is 0.0214. The van der Waals surface area contributed by atoms with Crippen LogP contribution in [0.3, 0.4) is 0 Å². The first-order valence-corrected chi connectivity index (χ1v) is 15.9. The molecule has 0 aliphatic rings. The van der Waals surface area contributed by atoms with Crippen molar-refractivity contribution in [1.29, 1.82) is 0 Å². The van der Waals surface area contributed by atoms with E-state index in [0.29, 0.717) is 18.6 Å². The molecule has 0 spiro atoms. The Bertz CT molecular complexity index is 1460. The highest BCUT2D eigenvalue weighted by Crippen LogP contribution is 2.36. The predicted molar refractivity (Wildman–Crippen MR) is 169 cm³/mol. The number of hydrogen-bond acceptors (Lipinski definition) is 6. The Morgan fingerprint density at radius 1 is 0.907 bits per heavy atom. The van der Waals surface area contributed by atoms with Crippen molar-refractivity contribution in [3.63, 3.8) is 0 Å². The molecule has 0 radical (unpaired) electrons. The molecule has 10 heteroatoms. The fourth-order valence-corrected chi connectivity index (χ4v) is 6.10. The molecule has 3 rings (SSSR count). The van der Waals surface area contributed by atoms with E-state index in [1.807, 2.05) is 58.0 Å². The topological polar surface area (TPSA) is 105 Å². The zero-order valence-corrected chi connectivity index (χ0v) is 26.7. The Hall–Kier alpha value is -4.05. The summed E-state index contributed by atoms with van der Waals surface area (Å²) in [4.78, 5) is 29.2. The van der Waals surface area contributed by atoms with Crippen LogP contribution in [0.4, 0.5) is 5.69 Å². The molecule has 2 amide bonds. The second-order valence-corrected chi connectivity index (χ2v) is 12.3. The second-order valence-electron chi connectivity index (χ2n) is 10.4. The number of methoxy groups -OCH3 is 2. The minimum Gasteiger partial charge on any atom is -0.497 e. The molecule has 0 aliphatic carbocycles. The highest BCUT2D eigenvalue weighted by molar-refractivity contribution is 7.92. The largest absolute Gasteiger partial charge is 0.497 e. The molecule has 232 valence electrons. The maximum absolute atomic E-state index is 14.3. The molecule has 3 aromatic rings. The van der Waals surface area contributed by atoms with Gasteiger partial charge in [0.05, 0.1) is 24.8 Å². The lowest BCUT2D eigenvalue weighted by Crippen LogP contribution is -2.54. The van der Waals surface area contributed by atoms with Crippen LogP contribution in [0, 0.1) is 6.92 Å². The van der Waals surface area contributed by atoms with E-state index in [1.54, 1.807) is 24.3 Å². The fraction of sp³-hybridized carbons (Fsp3) is 0.394. The molecule has 0 fully saturated rings. The van der Waals surface area contributed by atoms with Crippen LogP contribution in [-0.2, 0) is 26.0 Å². The van der Waals surface area contributed by atoms with Crippen molar-refractivity contribution in [2.75, 3.05) is 31.6 Å². The summed E-state index contributed by atoms with van der Waals surface area (Å²) in [6, 6.07) is 20.0. The summed E-state index contributed by atoms with van der Waals surface area (Å²) in [5.74, 6) is -0.137. The van der Waals surface area contributed by atoms with Crippen molar-refractivity contribution in [2.24, 2.45) is 0 Å². The number of carbonyl (C=O) groups excluding carboxylic acids is 2. The first-order chi connectivity index (χ1) is 20.5. The molecule has 0 aromatic heterocycles. The summed E-state index contributed by atoms with van der Waals surface area (Å²) in [5.41, 5.74) is 2.04. The number of carbonyl (C=O) groups is 2. The van der Waals surface area contributed by atoms with Crippen molar-refractivity contribution in [3.8, 4) is 11.5 Å². The van der Waals surface area contributed by atoms with Crippen LogP contribution in [0.2, 0.25) is 0 Å². The van der Waals surface area contributed by atoms with Gasteiger partial charge in [0, 0.05) is 18.7 Å². The molecular weight excluding hydrogens is 566 g/mol. The molecule has 0 saturated carbocycles. The summed E-state index contributed by atoms with van der Waals surface area (Å²) < 4.78 is 40.3. The number of hydrogen-bond donors (Lipinski definition) is 1. The maximum Gasteiger partial charge on any atom is 0.264 e. The third-order valence-corrected chi connectivity index (χ3v) is 9.19. The molecule has 0 aliphatic heterocycles. The van der Waals surface area contributed by atoms with Crippen molar-refractivity contribution in [3.05, 3.63) is 83.9 Å². The molecule has 43 heavy (non-hydrogen) atoms. The van der Waals surface area contributed by atoms with Crippen molar-refractivity contribution >= 4 is 27.5 Å². The van der Waals surface area contributed by atoms with Crippen molar-refractivity contribution < 1.29 is 27.5 Å². The first kappa shape index (κ1) is 33.5. The number of aryl methyl sites for hydroxylation is 1. The van der Waals surface area contributed by atoms with Gasteiger partial charge in [-0.1, -0.05) is 61.9 Å². The third kappa shape index (κ3) is 8.50. The van der Waals surface area contributed by atoms with Gasteiger partial charge in [0.1, 0.15) is 24.1 Å². The molecule has 0 unspecified atom stereocenters. The van der Waals surface area contributed by atoms with E-state index in [0.717, 1.165) is 21.9 Å². The summed E-state index contributed by atoms with van der Waals surface area (Å²) >= 11 is 0. The summed E-state index contributed by atoms with van der Waals surface area (Å²) in [7, 11) is -1.34. The van der Waals surface area contributed by atoms with E-state index in [2.05, 4.69) is 5.32 Å². The normalized spacial score (nSPS) is 12.6. The van der Waals surface area contributed by atoms with Gasteiger partial charge in [0.25, 0.3) is 10.0 Å².